The Balaban J connectivity index is 1.82. The Bertz CT molecular complexity index is 428. The first-order valence-electron chi connectivity index (χ1n) is 7.41. The van der Waals surface area contributed by atoms with E-state index in [0.717, 1.165) is 50.6 Å². The Morgan fingerprint density at radius 3 is 2.50 bits per heavy atom. The third kappa shape index (κ3) is 4.18. The van der Waals surface area contributed by atoms with Gasteiger partial charge in [0, 0.05) is 32.7 Å². The van der Waals surface area contributed by atoms with Gasteiger partial charge in [-0.05, 0) is 38.5 Å². The summed E-state index contributed by atoms with van der Waals surface area (Å²) in [6, 6.07) is 5.47. The number of ether oxygens (including phenoxy) is 1. The van der Waals surface area contributed by atoms with Crippen LogP contribution in [0.5, 0.6) is 0 Å². The largest absolute Gasteiger partial charge is 0.377 e. The molecule has 20 heavy (non-hydrogen) atoms. The highest BCUT2D eigenvalue weighted by Gasteiger charge is 2.19. The highest BCUT2D eigenvalue weighted by atomic mass is 19.1. The third-order valence-corrected chi connectivity index (χ3v) is 3.67. The Labute approximate surface area is 121 Å². The highest BCUT2D eigenvalue weighted by molar-refractivity contribution is 5.49. The molecule has 1 aromatic rings. The molecule has 0 aromatic heterocycles. The first-order chi connectivity index (χ1) is 9.56. The van der Waals surface area contributed by atoms with Crippen molar-refractivity contribution < 1.29 is 9.13 Å². The molecular formula is C16H25FN2O. The molecule has 1 aliphatic rings. The molecule has 1 aliphatic heterocycles. The zero-order chi connectivity index (χ0) is 14.5. The lowest BCUT2D eigenvalue weighted by molar-refractivity contribution is 0.0578. The molecule has 1 saturated heterocycles. The lowest BCUT2D eigenvalue weighted by Gasteiger charge is -2.36. The standard InChI is InChI=1S/C16H25FN2O/c1-13(2)20-11-10-18-6-8-19(9-7-18)16-5-4-14(3)12-15(16)17/h4-5,12-13H,6-11H2,1-3H3. The predicted molar refractivity (Wildman–Crippen MR) is 80.9 cm³/mol. The van der Waals surface area contributed by atoms with Gasteiger partial charge in [-0.25, -0.2) is 4.39 Å². The van der Waals surface area contributed by atoms with E-state index in [4.69, 9.17) is 4.74 Å². The van der Waals surface area contributed by atoms with E-state index >= 15 is 0 Å². The second-order valence-corrected chi connectivity index (χ2v) is 5.70. The van der Waals surface area contributed by atoms with Crippen molar-refractivity contribution in [2.45, 2.75) is 26.9 Å². The van der Waals surface area contributed by atoms with Gasteiger partial charge in [0.1, 0.15) is 5.82 Å². The van der Waals surface area contributed by atoms with E-state index in [9.17, 15) is 4.39 Å². The lowest BCUT2D eigenvalue weighted by Crippen LogP contribution is -2.47. The van der Waals surface area contributed by atoms with Gasteiger partial charge >= 0.3 is 0 Å². The van der Waals surface area contributed by atoms with Gasteiger partial charge in [0.2, 0.25) is 0 Å². The Morgan fingerprint density at radius 1 is 1.20 bits per heavy atom. The summed E-state index contributed by atoms with van der Waals surface area (Å²) in [4.78, 5) is 4.51. The molecule has 1 heterocycles. The molecule has 0 radical (unpaired) electrons. The second-order valence-electron chi connectivity index (χ2n) is 5.70. The van der Waals surface area contributed by atoms with E-state index in [0.29, 0.717) is 0 Å². The quantitative estimate of drug-likeness (QED) is 0.825. The molecule has 0 bridgehead atoms. The number of rotatable bonds is 5. The molecule has 0 spiro atoms. The van der Waals surface area contributed by atoms with Gasteiger partial charge in [0.25, 0.3) is 0 Å². The fraction of sp³-hybridized carbons (Fsp3) is 0.625. The van der Waals surface area contributed by atoms with Gasteiger partial charge in [-0.15, -0.1) is 0 Å². The Kier molecular flexibility index (Phi) is 5.38. The minimum atomic E-state index is -0.110. The summed E-state index contributed by atoms with van der Waals surface area (Å²) in [5, 5.41) is 0. The van der Waals surface area contributed by atoms with Crippen LogP contribution in [0.3, 0.4) is 0 Å². The van der Waals surface area contributed by atoms with Crippen LogP contribution in [-0.4, -0.2) is 50.3 Å². The van der Waals surface area contributed by atoms with Gasteiger partial charge in [0.15, 0.2) is 0 Å². The number of nitrogens with zero attached hydrogens (tertiary/aromatic N) is 2. The van der Waals surface area contributed by atoms with E-state index < -0.39 is 0 Å². The van der Waals surface area contributed by atoms with E-state index in [1.165, 1.54) is 0 Å². The Hall–Kier alpha value is -1.13. The van der Waals surface area contributed by atoms with E-state index in [1.54, 1.807) is 6.07 Å². The fourth-order valence-electron chi connectivity index (χ4n) is 2.50. The summed E-state index contributed by atoms with van der Waals surface area (Å²) in [6.45, 7) is 11.4. The van der Waals surface area contributed by atoms with Crippen molar-refractivity contribution in [1.29, 1.82) is 0 Å². The minimum absolute atomic E-state index is 0.110. The van der Waals surface area contributed by atoms with Crippen LogP contribution < -0.4 is 4.90 Å². The minimum Gasteiger partial charge on any atom is -0.377 e. The van der Waals surface area contributed by atoms with Crippen LogP contribution >= 0.6 is 0 Å². The summed E-state index contributed by atoms with van der Waals surface area (Å²) < 4.78 is 19.5. The van der Waals surface area contributed by atoms with Crippen LogP contribution in [0.4, 0.5) is 10.1 Å². The van der Waals surface area contributed by atoms with Crippen LogP contribution in [0.25, 0.3) is 0 Å². The maximum atomic E-state index is 13.9. The van der Waals surface area contributed by atoms with Crippen molar-refractivity contribution in [1.82, 2.24) is 4.90 Å². The molecule has 4 heteroatoms. The molecule has 0 atom stereocenters. The van der Waals surface area contributed by atoms with Crippen molar-refractivity contribution in [3.05, 3.63) is 29.6 Å². The van der Waals surface area contributed by atoms with Gasteiger partial charge in [-0.2, -0.15) is 0 Å². The molecule has 0 saturated carbocycles. The van der Waals surface area contributed by atoms with Crippen molar-refractivity contribution in [2.24, 2.45) is 0 Å². The molecule has 1 fully saturated rings. The monoisotopic (exact) mass is 280 g/mol. The average molecular weight is 280 g/mol. The fourth-order valence-corrected chi connectivity index (χ4v) is 2.50. The van der Waals surface area contributed by atoms with Gasteiger partial charge in [-0.1, -0.05) is 6.07 Å². The van der Waals surface area contributed by atoms with Crippen molar-refractivity contribution in [3.63, 3.8) is 0 Å². The van der Waals surface area contributed by atoms with Crippen molar-refractivity contribution in [2.75, 3.05) is 44.2 Å². The highest BCUT2D eigenvalue weighted by Crippen LogP contribution is 2.21. The maximum absolute atomic E-state index is 13.9. The van der Waals surface area contributed by atoms with E-state index in [2.05, 4.69) is 23.6 Å². The summed E-state index contributed by atoms with van der Waals surface area (Å²) in [5.41, 5.74) is 1.70. The number of halogens is 1. The second kappa shape index (κ2) is 7.04. The summed E-state index contributed by atoms with van der Waals surface area (Å²) >= 11 is 0. The first-order valence-corrected chi connectivity index (χ1v) is 7.41. The molecule has 0 unspecified atom stereocenters. The number of benzene rings is 1. The molecule has 0 amide bonds. The van der Waals surface area contributed by atoms with Gasteiger partial charge < -0.3 is 9.64 Å². The normalized spacial score (nSPS) is 16.9. The SMILES string of the molecule is Cc1ccc(N2CCN(CCOC(C)C)CC2)c(F)c1. The molecule has 0 aliphatic carbocycles. The zero-order valence-electron chi connectivity index (χ0n) is 12.7. The van der Waals surface area contributed by atoms with E-state index in [-0.39, 0.29) is 11.9 Å². The number of anilines is 1. The third-order valence-electron chi connectivity index (χ3n) is 3.67. The molecular weight excluding hydrogens is 255 g/mol. The van der Waals surface area contributed by atoms with E-state index in [1.807, 2.05) is 19.1 Å². The van der Waals surface area contributed by atoms with Crippen LogP contribution in [0.2, 0.25) is 0 Å². The average Bonchev–Trinajstić information content (AvgIpc) is 2.39. The van der Waals surface area contributed by atoms with Gasteiger partial charge in [-0.3, -0.25) is 4.90 Å². The molecule has 112 valence electrons. The summed E-state index contributed by atoms with van der Waals surface area (Å²) in [7, 11) is 0. The zero-order valence-corrected chi connectivity index (χ0v) is 12.7. The first kappa shape index (κ1) is 15.3. The van der Waals surface area contributed by atoms with Crippen LogP contribution in [0.15, 0.2) is 18.2 Å². The van der Waals surface area contributed by atoms with Gasteiger partial charge in [0.05, 0.1) is 18.4 Å². The Morgan fingerprint density at radius 2 is 1.90 bits per heavy atom. The summed E-state index contributed by atoms with van der Waals surface area (Å²) in [6.07, 6.45) is 0.290. The molecule has 2 rings (SSSR count). The number of hydrogen-bond acceptors (Lipinski definition) is 3. The maximum Gasteiger partial charge on any atom is 0.146 e. The smallest absolute Gasteiger partial charge is 0.146 e. The van der Waals surface area contributed by atoms with Crippen LogP contribution in [-0.2, 0) is 4.74 Å². The molecule has 3 nitrogen and oxygen atoms in total. The molecule has 1 aromatic carbocycles. The molecule has 0 N–H and O–H groups in total. The topological polar surface area (TPSA) is 15.7 Å². The van der Waals surface area contributed by atoms with Crippen LogP contribution in [0, 0.1) is 12.7 Å². The van der Waals surface area contributed by atoms with Crippen molar-refractivity contribution in [3.8, 4) is 0 Å². The predicted octanol–water partition coefficient (Wildman–Crippen LogP) is 2.68. The lowest BCUT2D eigenvalue weighted by atomic mass is 10.2. The number of piperazine rings is 1. The number of hydrogen-bond donors (Lipinski definition) is 0. The van der Waals surface area contributed by atoms with Crippen LogP contribution in [0.1, 0.15) is 19.4 Å². The number of aryl methyl sites for hydroxylation is 1. The van der Waals surface area contributed by atoms with Crippen molar-refractivity contribution >= 4 is 5.69 Å². The summed E-state index contributed by atoms with van der Waals surface area (Å²) in [5.74, 6) is -0.110.